The van der Waals surface area contributed by atoms with Crippen LogP contribution < -0.4 is 15.4 Å². The van der Waals surface area contributed by atoms with Crippen LogP contribution in [0.3, 0.4) is 0 Å². The predicted octanol–water partition coefficient (Wildman–Crippen LogP) is 2.06. The SMILES string of the molecule is COc1ccc(CN(C)c2nc(C)cc(C(N)=S)n2)cc1. The zero-order chi connectivity index (χ0) is 15.4. The largest absolute Gasteiger partial charge is 0.497 e. The van der Waals surface area contributed by atoms with Crippen molar-refractivity contribution < 1.29 is 4.74 Å². The maximum Gasteiger partial charge on any atom is 0.226 e. The first kappa shape index (κ1) is 15.2. The highest BCUT2D eigenvalue weighted by molar-refractivity contribution is 7.80. The summed E-state index contributed by atoms with van der Waals surface area (Å²) in [6.45, 7) is 2.58. The Bertz CT molecular complexity index is 643. The van der Waals surface area contributed by atoms with Crippen LogP contribution in [0.2, 0.25) is 0 Å². The quantitative estimate of drug-likeness (QED) is 0.853. The van der Waals surface area contributed by atoms with Crippen molar-refractivity contribution in [1.82, 2.24) is 9.97 Å². The third-order valence-corrected chi connectivity index (χ3v) is 3.22. The zero-order valence-electron chi connectivity index (χ0n) is 12.3. The van der Waals surface area contributed by atoms with Crippen molar-refractivity contribution in [2.45, 2.75) is 13.5 Å². The molecule has 1 aromatic heterocycles. The van der Waals surface area contributed by atoms with E-state index in [9.17, 15) is 0 Å². The lowest BCUT2D eigenvalue weighted by molar-refractivity contribution is 0.414. The van der Waals surface area contributed by atoms with Gasteiger partial charge in [0.05, 0.1) is 7.11 Å². The van der Waals surface area contributed by atoms with E-state index in [0.717, 1.165) is 17.0 Å². The first-order valence-electron chi connectivity index (χ1n) is 6.49. The van der Waals surface area contributed by atoms with Crippen molar-refractivity contribution in [3.8, 4) is 5.75 Å². The molecule has 2 N–H and O–H groups in total. The fourth-order valence-electron chi connectivity index (χ4n) is 1.93. The Morgan fingerprint density at radius 3 is 2.52 bits per heavy atom. The van der Waals surface area contributed by atoms with E-state index in [1.807, 2.05) is 43.1 Å². The van der Waals surface area contributed by atoms with Crippen molar-refractivity contribution in [1.29, 1.82) is 0 Å². The van der Waals surface area contributed by atoms with E-state index in [4.69, 9.17) is 22.7 Å². The molecule has 0 unspecified atom stereocenters. The Morgan fingerprint density at radius 2 is 1.95 bits per heavy atom. The summed E-state index contributed by atoms with van der Waals surface area (Å²) in [6.07, 6.45) is 0. The summed E-state index contributed by atoms with van der Waals surface area (Å²) in [5.41, 5.74) is 8.21. The van der Waals surface area contributed by atoms with Gasteiger partial charge in [0.1, 0.15) is 16.4 Å². The number of ether oxygens (including phenoxy) is 1. The molecule has 5 nitrogen and oxygen atoms in total. The van der Waals surface area contributed by atoms with Crippen LogP contribution in [0.5, 0.6) is 5.75 Å². The van der Waals surface area contributed by atoms with Gasteiger partial charge < -0.3 is 15.4 Å². The number of methoxy groups -OCH3 is 1. The summed E-state index contributed by atoms with van der Waals surface area (Å²) >= 11 is 4.98. The Labute approximate surface area is 129 Å². The molecule has 6 heteroatoms. The molecule has 0 atom stereocenters. The van der Waals surface area contributed by atoms with E-state index in [0.29, 0.717) is 18.2 Å². The molecule has 110 valence electrons. The number of hydrogen-bond donors (Lipinski definition) is 1. The van der Waals surface area contributed by atoms with Gasteiger partial charge in [0.2, 0.25) is 5.95 Å². The molecule has 0 radical (unpaired) electrons. The zero-order valence-corrected chi connectivity index (χ0v) is 13.1. The predicted molar refractivity (Wildman–Crippen MR) is 87.8 cm³/mol. The normalized spacial score (nSPS) is 10.2. The molecule has 0 bridgehead atoms. The molecule has 0 fully saturated rings. The minimum absolute atomic E-state index is 0.277. The van der Waals surface area contributed by atoms with Gasteiger partial charge in [-0.15, -0.1) is 0 Å². The van der Waals surface area contributed by atoms with E-state index in [1.165, 1.54) is 0 Å². The summed E-state index contributed by atoms with van der Waals surface area (Å²) in [7, 11) is 3.58. The summed E-state index contributed by atoms with van der Waals surface area (Å²) < 4.78 is 5.15. The lowest BCUT2D eigenvalue weighted by Gasteiger charge is -2.18. The van der Waals surface area contributed by atoms with E-state index in [1.54, 1.807) is 13.2 Å². The molecule has 0 aliphatic rings. The molecule has 0 saturated heterocycles. The van der Waals surface area contributed by atoms with Crippen LogP contribution in [-0.4, -0.2) is 29.1 Å². The smallest absolute Gasteiger partial charge is 0.226 e. The van der Waals surface area contributed by atoms with E-state index in [-0.39, 0.29) is 4.99 Å². The van der Waals surface area contributed by atoms with Gasteiger partial charge in [-0.3, -0.25) is 0 Å². The van der Waals surface area contributed by atoms with Crippen LogP contribution >= 0.6 is 12.2 Å². The van der Waals surface area contributed by atoms with Crippen LogP contribution in [0.25, 0.3) is 0 Å². The molecule has 2 aromatic rings. The molecule has 1 heterocycles. The van der Waals surface area contributed by atoms with Crippen molar-refractivity contribution in [3.05, 3.63) is 47.3 Å². The van der Waals surface area contributed by atoms with Crippen molar-refractivity contribution in [2.24, 2.45) is 5.73 Å². The molecule has 0 aliphatic heterocycles. The monoisotopic (exact) mass is 302 g/mol. The van der Waals surface area contributed by atoms with Gasteiger partial charge in [-0.25, -0.2) is 9.97 Å². The molecule has 0 aliphatic carbocycles. The number of anilines is 1. The van der Waals surface area contributed by atoms with Gasteiger partial charge >= 0.3 is 0 Å². The van der Waals surface area contributed by atoms with Gasteiger partial charge in [0.15, 0.2) is 0 Å². The number of aryl methyl sites for hydroxylation is 1. The van der Waals surface area contributed by atoms with Crippen LogP contribution in [-0.2, 0) is 6.54 Å². The molecule has 0 amide bonds. The summed E-state index contributed by atoms with van der Waals surface area (Å²) in [5, 5.41) is 0. The van der Waals surface area contributed by atoms with Crippen molar-refractivity contribution in [3.63, 3.8) is 0 Å². The highest BCUT2D eigenvalue weighted by atomic mass is 32.1. The van der Waals surface area contributed by atoms with Crippen molar-refractivity contribution >= 4 is 23.2 Å². The van der Waals surface area contributed by atoms with Gasteiger partial charge in [-0.2, -0.15) is 0 Å². The summed E-state index contributed by atoms with van der Waals surface area (Å²) in [5.74, 6) is 1.44. The van der Waals surface area contributed by atoms with Crippen LogP contribution in [0.1, 0.15) is 17.0 Å². The Kier molecular flexibility index (Phi) is 4.70. The Morgan fingerprint density at radius 1 is 1.29 bits per heavy atom. The minimum Gasteiger partial charge on any atom is -0.497 e. The topological polar surface area (TPSA) is 64.3 Å². The number of hydrogen-bond acceptors (Lipinski definition) is 5. The summed E-state index contributed by atoms with van der Waals surface area (Å²) in [4.78, 5) is 11.0. The third kappa shape index (κ3) is 3.88. The number of nitrogens with two attached hydrogens (primary N) is 1. The molecule has 2 rings (SSSR count). The first-order valence-corrected chi connectivity index (χ1v) is 6.90. The Balaban J connectivity index is 2.19. The van der Waals surface area contributed by atoms with E-state index >= 15 is 0 Å². The number of thiocarbonyl (C=S) groups is 1. The van der Waals surface area contributed by atoms with E-state index < -0.39 is 0 Å². The summed E-state index contributed by atoms with van der Waals surface area (Å²) in [6, 6.07) is 9.67. The third-order valence-electron chi connectivity index (χ3n) is 3.02. The minimum atomic E-state index is 0.277. The van der Waals surface area contributed by atoms with Gasteiger partial charge in [0.25, 0.3) is 0 Å². The number of aromatic nitrogens is 2. The molecular formula is C15H18N4OS. The standard InChI is InChI=1S/C15H18N4OS/c1-10-8-13(14(16)21)18-15(17-10)19(2)9-11-4-6-12(20-3)7-5-11/h4-8H,9H2,1-3H3,(H2,16,21). The maximum atomic E-state index is 5.64. The number of benzene rings is 1. The second-order valence-corrected chi connectivity index (χ2v) is 5.20. The molecule has 21 heavy (non-hydrogen) atoms. The van der Waals surface area contributed by atoms with Crippen LogP contribution in [0.4, 0.5) is 5.95 Å². The molecule has 0 saturated carbocycles. The van der Waals surface area contributed by atoms with Crippen LogP contribution in [0, 0.1) is 6.92 Å². The molecular weight excluding hydrogens is 284 g/mol. The molecule has 1 aromatic carbocycles. The molecule has 0 spiro atoms. The maximum absolute atomic E-state index is 5.64. The second-order valence-electron chi connectivity index (χ2n) is 4.76. The average Bonchev–Trinajstić information content (AvgIpc) is 2.47. The first-order chi connectivity index (χ1) is 9.99. The fraction of sp³-hybridized carbons (Fsp3) is 0.267. The van der Waals surface area contributed by atoms with E-state index in [2.05, 4.69) is 9.97 Å². The van der Waals surface area contributed by atoms with Crippen LogP contribution in [0.15, 0.2) is 30.3 Å². The lowest BCUT2D eigenvalue weighted by atomic mass is 10.2. The average molecular weight is 302 g/mol. The fourth-order valence-corrected chi connectivity index (χ4v) is 2.03. The highest BCUT2D eigenvalue weighted by Gasteiger charge is 2.09. The number of nitrogens with zero attached hydrogens (tertiary/aromatic N) is 3. The Hall–Kier alpha value is -2.21. The lowest BCUT2D eigenvalue weighted by Crippen LogP contribution is -2.22. The van der Waals surface area contributed by atoms with Crippen molar-refractivity contribution in [2.75, 3.05) is 19.1 Å². The second kappa shape index (κ2) is 6.49. The number of rotatable bonds is 5. The van der Waals surface area contributed by atoms with Gasteiger partial charge in [-0.1, -0.05) is 24.4 Å². The van der Waals surface area contributed by atoms with Gasteiger partial charge in [0, 0.05) is 19.3 Å². The van der Waals surface area contributed by atoms with Gasteiger partial charge in [-0.05, 0) is 30.7 Å². The highest BCUT2D eigenvalue weighted by Crippen LogP contribution is 2.15.